The lowest BCUT2D eigenvalue weighted by Gasteiger charge is -2.30. The summed E-state index contributed by atoms with van der Waals surface area (Å²) >= 11 is 0. The number of carbonyl (C=O) groups excluding carboxylic acids is 1. The van der Waals surface area contributed by atoms with E-state index in [1.165, 1.54) is 0 Å². The highest BCUT2D eigenvalue weighted by molar-refractivity contribution is 5.94. The number of likely N-dealkylation sites (tertiary alicyclic amines) is 1. The largest absolute Gasteiger partial charge is 0.496 e. The Morgan fingerprint density at radius 1 is 1.12 bits per heavy atom. The van der Waals surface area contributed by atoms with E-state index in [-0.39, 0.29) is 25.2 Å². The molecule has 0 aliphatic carbocycles. The molecule has 1 fully saturated rings. The van der Waals surface area contributed by atoms with Gasteiger partial charge in [-0.25, -0.2) is 0 Å². The molecule has 0 bridgehead atoms. The van der Waals surface area contributed by atoms with E-state index in [2.05, 4.69) is 11.9 Å². The Bertz CT molecular complexity index is 1330. The predicted molar refractivity (Wildman–Crippen MR) is 150 cm³/mol. The Morgan fingerprint density at radius 2 is 1.95 bits per heavy atom. The van der Waals surface area contributed by atoms with Crippen LogP contribution in [0.25, 0.3) is 0 Å². The van der Waals surface area contributed by atoms with Crippen molar-refractivity contribution in [2.45, 2.75) is 38.1 Å². The first-order valence-corrected chi connectivity index (χ1v) is 13.7. The second-order valence-corrected chi connectivity index (χ2v) is 10.2. The number of unbranched alkanes of at least 4 members (excludes halogenated alkanes) is 1. The number of ether oxygens (including phenoxy) is 3. The van der Waals surface area contributed by atoms with Crippen LogP contribution in [-0.4, -0.2) is 66.4 Å². The molecule has 2 aliphatic rings. The first kappa shape index (κ1) is 27.5. The summed E-state index contributed by atoms with van der Waals surface area (Å²) in [6.45, 7) is 3.30. The van der Waals surface area contributed by atoms with Crippen LogP contribution in [0.2, 0.25) is 0 Å². The number of amides is 1. The van der Waals surface area contributed by atoms with Crippen molar-refractivity contribution in [1.82, 2.24) is 9.88 Å². The fourth-order valence-electron chi connectivity index (χ4n) is 5.81. The number of methoxy groups -OCH3 is 1. The van der Waals surface area contributed by atoms with E-state index >= 15 is 0 Å². The van der Waals surface area contributed by atoms with Gasteiger partial charge in [-0.05, 0) is 54.3 Å². The third-order valence-corrected chi connectivity index (χ3v) is 7.81. The van der Waals surface area contributed by atoms with E-state index in [1.54, 1.807) is 24.4 Å². The van der Waals surface area contributed by atoms with E-state index < -0.39 is 17.9 Å². The van der Waals surface area contributed by atoms with Crippen LogP contribution in [0.3, 0.4) is 0 Å². The Labute approximate surface area is 234 Å². The van der Waals surface area contributed by atoms with Crippen LogP contribution in [-0.2, 0) is 16.0 Å². The number of benzene rings is 2. The number of rotatable bonds is 11. The molecule has 2 aliphatic heterocycles. The first-order chi connectivity index (χ1) is 19.5. The summed E-state index contributed by atoms with van der Waals surface area (Å²) < 4.78 is 16.7. The molecule has 2 aromatic carbocycles. The second kappa shape index (κ2) is 12.4. The zero-order valence-corrected chi connectivity index (χ0v) is 22.9. The van der Waals surface area contributed by atoms with Gasteiger partial charge in [-0.3, -0.25) is 19.5 Å². The molecule has 1 N–H and O–H groups in total. The van der Waals surface area contributed by atoms with Crippen LogP contribution in [0.1, 0.15) is 36.8 Å². The van der Waals surface area contributed by atoms with Gasteiger partial charge in [-0.1, -0.05) is 37.6 Å². The van der Waals surface area contributed by atoms with E-state index in [0.29, 0.717) is 36.8 Å². The number of aromatic nitrogens is 1. The number of hydrogen-bond donors (Lipinski definition) is 1. The monoisotopic (exact) mass is 545 g/mol. The van der Waals surface area contributed by atoms with Gasteiger partial charge in [0, 0.05) is 31.2 Å². The predicted octanol–water partition coefficient (Wildman–Crippen LogP) is 4.36. The number of carbonyl (C=O) groups is 2. The molecule has 1 amide bonds. The van der Waals surface area contributed by atoms with Crippen molar-refractivity contribution >= 4 is 17.6 Å². The fraction of sp³-hybridized carbons (Fsp3) is 0.387. The minimum absolute atomic E-state index is 0.0815. The van der Waals surface area contributed by atoms with E-state index in [0.717, 1.165) is 29.7 Å². The van der Waals surface area contributed by atoms with Gasteiger partial charge in [0.2, 0.25) is 12.7 Å². The molecule has 210 valence electrons. The van der Waals surface area contributed by atoms with Gasteiger partial charge in [0.05, 0.1) is 31.5 Å². The highest BCUT2D eigenvalue weighted by Gasteiger charge is 2.47. The Morgan fingerprint density at radius 3 is 2.70 bits per heavy atom. The summed E-state index contributed by atoms with van der Waals surface area (Å²) in [7, 11) is 1.61. The van der Waals surface area contributed by atoms with Crippen molar-refractivity contribution in [2.24, 2.45) is 5.92 Å². The molecule has 0 spiro atoms. The van der Waals surface area contributed by atoms with Crippen LogP contribution in [0.15, 0.2) is 67.0 Å². The fourth-order valence-corrected chi connectivity index (χ4v) is 5.81. The molecule has 0 saturated carbocycles. The van der Waals surface area contributed by atoms with Crippen LogP contribution in [0.5, 0.6) is 17.2 Å². The number of aliphatic carboxylic acids is 1. The van der Waals surface area contributed by atoms with Crippen molar-refractivity contribution in [3.8, 4) is 17.2 Å². The lowest BCUT2D eigenvalue weighted by molar-refractivity contribution is -0.143. The zero-order valence-electron chi connectivity index (χ0n) is 22.9. The number of hydrogen-bond acceptors (Lipinski definition) is 7. The number of anilines is 1. The number of pyridine rings is 1. The lowest BCUT2D eigenvalue weighted by atomic mass is 9.83. The molecule has 0 unspecified atom stereocenters. The maximum Gasteiger partial charge on any atom is 0.308 e. The molecule has 5 rings (SSSR count). The summed E-state index contributed by atoms with van der Waals surface area (Å²) in [6.07, 6.45) is 5.60. The molecular formula is C31H35N3O6. The van der Waals surface area contributed by atoms with Crippen molar-refractivity contribution < 1.29 is 28.9 Å². The summed E-state index contributed by atoms with van der Waals surface area (Å²) in [5.74, 6) is -0.115. The van der Waals surface area contributed by atoms with Gasteiger partial charge in [-0.2, -0.15) is 0 Å². The molecule has 9 heteroatoms. The number of carboxylic acid groups (broad SMARTS) is 1. The normalized spacial score (nSPS) is 19.9. The topological polar surface area (TPSA) is 101 Å². The van der Waals surface area contributed by atoms with Crippen LogP contribution in [0.4, 0.5) is 5.69 Å². The van der Waals surface area contributed by atoms with Gasteiger partial charge in [-0.15, -0.1) is 0 Å². The summed E-state index contributed by atoms with van der Waals surface area (Å²) in [5, 5.41) is 10.6. The molecular weight excluding hydrogens is 510 g/mol. The summed E-state index contributed by atoms with van der Waals surface area (Å²) in [4.78, 5) is 34.7. The van der Waals surface area contributed by atoms with Crippen molar-refractivity contribution in [1.29, 1.82) is 0 Å². The molecule has 3 atom stereocenters. The number of nitrogens with zero attached hydrogens (tertiary/aromatic N) is 3. The first-order valence-electron chi connectivity index (χ1n) is 13.7. The minimum Gasteiger partial charge on any atom is -0.496 e. The minimum atomic E-state index is -0.896. The summed E-state index contributed by atoms with van der Waals surface area (Å²) in [6, 6.07) is 16.5. The number of fused-ring (bicyclic) bond motifs is 1. The third-order valence-electron chi connectivity index (χ3n) is 7.81. The lowest BCUT2D eigenvalue weighted by Crippen LogP contribution is -2.45. The molecule has 40 heavy (non-hydrogen) atoms. The SMILES string of the molecule is CCCCN(C(=O)CN1C[C@H](c2ccc3c(c2)OCO3)[C@@H](C(=O)O)[C@@H]1Cc1ccccc1OC)c1cccnc1. The highest BCUT2D eigenvalue weighted by Crippen LogP contribution is 2.43. The molecule has 1 saturated heterocycles. The maximum atomic E-state index is 13.8. The van der Waals surface area contributed by atoms with Crippen LogP contribution in [0, 0.1) is 5.92 Å². The third kappa shape index (κ3) is 5.74. The van der Waals surface area contributed by atoms with E-state index in [1.807, 2.05) is 59.5 Å². The Kier molecular flexibility index (Phi) is 8.50. The van der Waals surface area contributed by atoms with Crippen molar-refractivity contribution in [3.63, 3.8) is 0 Å². The molecule has 3 aromatic rings. The summed E-state index contributed by atoms with van der Waals surface area (Å²) in [5.41, 5.74) is 2.50. The zero-order chi connectivity index (χ0) is 28.1. The van der Waals surface area contributed by atoms with E-state index in [9.17, 15) is 14.7 Å². The van der Waals surface area contributed by atoms with Crippen molar-refractivity contribution in [3.05, 3.63) is 78.1 Å². The molecule has 0 radical (unpaired) electrons. The molecule has 1 aromatic heterocycles. The average molecular weight is 546 g/mol. The van der Waals surface area contributed by atoms with Crippen molar-refractivity contribution in [2.75, 3.05) is 38.4 Å². The van der Waals surface area contributed by atoms with Gasteiger partial charge in [0.25, 0.3) is 0 Å². The van der Waals surface area contributed by atoms with Gasteiger partial charge >= 0.3 is 5.97 Å². The quantitative estimate of drug-likeness (QED) is 0.379. The molecule has 3 heterocycles. The maximum absolute atomic E-state index is 13.8. The Balaban J connectivity index is 1.49. The van der Waals surface area contributed by atoms with Crippen LogP contribution < -0.4 is 19.1 Å². The van der Waals surface area contributed by atoms with Gasteiger partial charge < -0.3 is 24.2 Å². The average Bonchev–Trinajstić information content (AvgIpc) is 3.58. The van der Waals surface area contributed by atoms with Crippen LogP contribution >= 0.6 is 0 Å². The van der Waals surface area contributed by atoms with Gasteiger partial charge in [0.1, 0.15) is 5.75 Å². The van der Waals surface area contributed by atoms with E-state index in [4.69, 9.17) is 14.2 Å². The number of carboxylic acids is 1. The second-order valence-electron chi connectivity index (χ2n) is 10.2. The standard InChI is InChI=1S/C31H35N3O6/c1-3-4-14-34(23-9-7-13-32-17-23)29(35)19-33-18-24(21-11-12-27-28(16-21)40-20-39-27)30(31(36)37)25(33)15-22-8-5-6-10-26(22)38-2/h5-13,16-17,24-25,30H,3-4,14-15,18-20H2,1-2H3,(H,36,37)/t24-,25+,30-/m1/s1. The number of para-hydroxylation sites is 1. The molecule has 9 nitrogen and oxygen atoms in total. The van der Waals surface area contributed by atoms with Gasteiger partial charge in [0.15, 0.2) is 11.5 Å². The highest BCUT2D eigenvalue weighted by atomic mass is 16.7. The Hall–Kier alpha value is -4.11. The smallest absolute Gasteiger partial charge is 0.308 e.